The van der Waals surface area contributed by atoms with Crippen molar-refractivity contribution in [2.75, 3.05) is 13.7 Å². The van der Waals surface area contributed by atoms with Crippen LogP contribution in [0, 0.1) is 0 Å². The van der Waals surface area contributed by atoms with E-state index in [1.165, 1.54) is 0 Å². The first-order chi connectivity index (χ1) is 11.7. The van der Waals surface area contributed by atoms with Gasteiger partial charge in [0.15, 0.2) is 18.1 Å². The molecule has 0 radical (unpaired) electrons. The third kappa shape index (κ3) is 3.51. The van der Waals surface area contributed by atoms with Crippen molar-refractivity contribution in [3.8, 4) is 11.5 Å². The summed E-state index contributed by atoms with van der Waals surface area (Å²) in [5.41, 5.74) is 0.805. The van der Waals surface area contributed by atoms with Gasteiger partial charge in [-0.1, -0.05) is 30.3 Å². The Labute approximate surface area is 140 Å². The highest BCUT2D eigenvalue weighted by molar-refractivity contribution is 5.79. The largest absolute Gasteiger partial charge is 0.493 e. The van der Waals surface area contributed by atoms with E-state index in [1.807, 2.05) is 49.4 Å². The molecule has 0 spiro atoms. The molecule has 5 heteroatoms. The SMILES string of the molecule is COc1ccccc1OCC(=O)N[C@@H](C)c1cc2ccccc2o1. The third-order valence-electron chi connectivity index (χ3n) is 3.68. The second-order valence-corrected chi connectivity index (χ2v) is 5.42. The standard InChI is InChI=1S/C19H19NO4/c1-13(18-11-14-7-3-4-8-15(14)24-18)20-19(21)12-23-17-10-6-5-9-16(17)22-2/h3-11,13H,12H2,1-2H3,(H,20,21)/t13-/m0/s1. The molecule has 2 aromatic carbocycles. The van der Waals surface area contributed by atoms with Crippen LogP contribution in [0.4, 0.5) is 0 Å². The summed E-state index contributed by atoms with van der Waals surface area (Å²) in [6.45, 7) is 1.78. The van der Waals surface area contributed by atoms with Gasteiger partial charge in [-0.15, -0.1) is 0 Å². The first kappa shape index (κ1) is 15.9. The molecule has 24 heavy (non-hydrogen) atoms. The van der Waals surface area contributed by atoms with Crippen molar-refractivity contribution in [2.45, 2.75) is 13.0 Å². The summed E-state index contributed by atoms with van der Waals surface area (Å²) in [5.74, 6) is 1.61. The minimum absolute atomic E-state index is 0.0923. The zero-order chi connectivity index (χ0) is 16.9. The number of para-hydroxylation sites is 3. The Bertz CT molecular complexity index is 807. The van der Waals surface area contributed by atoms with Crippen molar-refractivity contribution < 1.29 is 18.7 Å². The Morgan fingerprint density at radius 2 is 1.83 bits per heavy atom. The molecule has 0 bridgehead atoms. The summed E-state index contributed by atoms with van der Waals surface area (Å²) in [7, 11) is 1.56. The molecule has 0 aliphatic carbocycles. The van der Waals surface area contributed by atoms with Gasteiger partial charge in [0.25, 0.3) is 5.91 Å². The van der Waals surface area contributed by atoms with Crippen molar-refractivity contribution in [1.82, 2.24) is 5.32 Å². The Morgan fingerprint density at radius 3 is 2.58 bits per heavy atom. The Balaban J connectivity index is 1.60. The molecule has 124 valence electrons. The van der Waals surface area contributed by atoms with E-state index in [1.54, 1.807) is 19.2 Å². The predicted molar refractivity (Wildman–Crippen MR) is 91.3 cm³/mol. The number of nitrogens with one attached hydrogen (secondary N) is 1. The number of furan rings is 1. The van der Waals surface area contributed by atoms with E-state index in [9.17, 15) is 4.79 Å². The molecule has 0 saturated carbocycles. The average molecular weight is 325 g/mol. The number of rotatable bonds is 6. The second-order valence-electron chi connectivity index (χ2n) is 5.42. The normalized spacial score (nSPS) is 11.9. The molecule has 0 aliphatic rings. The molecule has 0 saturated heterocycles. The van der Waals surface area contributed by atoms with Gasteiger partial charge in [0.2, 0.25) is 0 Å². The van der Waals surface area contributed by atoms with Crippen LogP contribution < -0.4 is 14.8 Å². The zero-order valence-electron chi connectivity index (χ0n) is 13.6. The first-order valence-electron chi connectivity index (χ1n) is 7.71. The van der Waals surface area contributed by atoms with E-state index < -0.39 is 0 Å². The summed E-state index contributed by atoms with van der Waals surface area (Å²) in [6, 6.07) is 16.6. The lowest BCUT2D eigenvalue weighted by atomic mass is 10.2. The molecular formula is C19H19NO4. The molecule has 1 amide bonds. The summed E-state index contributed by atoms with van der Waals surface area (Å²) in [4.78, 5) is 12.1. The van der Waals surface area contributed by atoms with Crippen molar-refractivity contribution in [2.24, 2.45) is 0 Å². The topological polar surface area (TPSA) is 60.7 Å². The molecule has 1 aromatic heterocycles. The van der Waals surface area contributed by atoms with Crippen LogP contribution in [-0.4, -0.2) is 19.6 Å². The van der Waals surface area contributed by atoms with Crippen LogP contribution in [0.5, 0.6) is 11.5 Å². The summed E-state index contributed by atoms with van der Waals surface area (Å²) < 4.78 is 16.5. The Hall–Kier alpha value is -2.95. The average Bonchev–Trinajstić information content (AvgIpc) is 3.04. The number of carbonyl (C=O) groups excluding carboxylic acids is 1. The quantitative estimate of drug-likeness (QED) is 0.751. The maximum absolute atomic E-state index is 12.1. The molecule has 0 aliphatic heterocycles. The number of hydrogen-bond donors (Lipinski definition) is 1. The molecular weight excluding hydrogens is 306 g/mol. The lowest BCUT2D eigenvalue weighted by molar-refractivity contribution is -0.123. The van der Waals surface area contributed by atoms with E-state index in [2.05, 4.69) is 5.32 Å². The maximum Gasteiger partial charge on any atom is 0.258 e. The number of hydrogen-bond acceptors (Lipinski definition) is 4. The van der Waals surface area contributed by atoms with E-state index in [0.717, 1.165) is 11.0 Å². The third-order valence-corrected chi connectivity index (χ3v) is 3.68. The molecule has 0 unspecified atom stereocenters. The fourth-order valence-corrected chi connectivity index (χ4v) is 2.45. The molecule has 1 heterocycles. The van der Waals surface area contributed by atoms with Gasteiger partial charge in [-0.05, 0) is 31.2 Å². The van der Waals surface area contributed by atoms with Gasteiger partial charge < -0.3 is 19.2 Å². The van der Waals surface area contributed by atoms with E-state index in [4.69, 9.17) is 13.9 Å². The maximum atomic E-state index is 12.1. The monoisotopic (exact) mass is 325 g/mol. The number of ether oxygens (including phenoxy) is 2. The van der Waals surface area contributed by atoms with Crippen molar-refractivity contribution in [3.05, 3.63) is 60.4 Å². The van der Waals surface area contributed by atoms with Gasteiger partial charge in [-0.2, -0.15) is 0 Å². The molecule has 0 fully saturated rings. The highest BCUT2D eigenvalue weighted by Crippen LogP contribution is 2.26. The lowest BCUT2D eigenvalue weighted by Gasteiger charge is -2.13. The van der Waals surface area contributed by atoms with Crippen LogP contribution in [0.25, 0.3) is 11.0 Å². The van der Waals surface area contributed by atoms with E-state index in [-0.39, 0.29) is 18.6 Å². The van der Waals surface area contributed by atoms with Crippen molar-refractivity contribution in [3.63, 3.8) is 0 Å². The van der Waals surface area contributed by atoms with E-state index >= 15 is 0 Å². The Kier molecular flexibility index (Phi) is 4.70. The van der Waals surface area contributed by atoms with Crippen LogP contribution in [0.2, 0.25) is 0 Å². The fraction of sp³-hybridized carbons (Fsp3) is 0.211. The van der Waals surface area contributed by atoms with Gasteiger partial charge >= 0.3 is 0 Å². The number of carbonyl (C=O) groups is 1. The predicted octanol–water partition coefficient (Wildman–Crippen LogP) is 3.70. The molecule has 1 N–H and O–H groups in total. The molecule has 5 nitrogen and oxygen atoms in total. The van der Waals surface area contributed by atoms with Crippen LogP contribution in [0.1, 0.15) is 18.7 Å². The number of benzene rings is 2. The summed E-state index contributed by atoms with van der Waals surface area (Å²) >= 11 is 0. The van der Waals surface area contributed by atoms with Crippen LogP contribution >= 0.6 is 0 Å². The number of amides is 1. The van der Waals surface area contributed by atoms with Gasteiger partial charge in [0.1, 0.15) is 11.3 Å². The van der Waals surface area contributed by atoms with Gasteiger partial charge in [0, 0.05) is 5.39 Å². The lowest BCUT2D eigenvalue weighted by Crippen LogP contribution is -2.31. The molecule has 3 aromatic rings. The smallest absolute Gasteiger partial charge is 0.258 e. The highest BCUT2D eigenvalue weighted by Gasteiger charge is 2.15. The van der Waals surface area contributed by atoms with Gasteiger partial charge in [0.05, 0.1) is 13.2 Å². The summed E-state index contributed by atoms with van der Waals surface area (Å²) in [5, 5.41) is 3.88. The minimum atomic E-state index is -0.244. The van der Waals surface area contributed by atoms with Crippen molar-refractivity contribution in [1.29, 1.82) is 0 Å². The van der Waals surface area contributed by atoms with Crippen LogP contribution in [0.15, 0.2) is 59.0 Å². The van der Waals surface area contributed by atoms with Crippen LogP contribution in [0.3, 0.4) is 0 Å². The minimum Gasteiger partial charge on any atom is -0.493 e. The van der Waals surface area contributed by atoms with Gasteiger partial charge in [-0.25, -0.2) is 0 Å². The number of fused-ring (bicyclic) bond motifs is 1. The molecule has 1 atom stereocenters. The zero-order valence-corrected chi connectivity index (χ0v) is 13.6. The summed E-state index contributed by atoms with van der Waals surface area (Å²) in [6.07, 6.45) is 0. The highest BCUT2D eigenvalue weighted by atomic mass is 16.5. The molecule has 3 rings (SSSR count). The number of methoxy groups -OCH3 is 1. The first-order valence-corrected chi connectivity index (χ1v) is 7.71. The van der Waals surface area contributed by atoms with Crippen LogP contribution in [-0.2, 0) is 4.79 Å². The Morgan fingerprint density at radius 1 is 1.12 bits per heavy atom. The fourth-order valence-electron chi connectivity index (χ4n) is 2.45. The van der Waals surface area contributed by atoms with Crippen molar-refractivity contribution >= 4 is 16.9 Å². The van der Waals surface area contributed by atoms with E-state index in [0.29, 0.717) is 17.3 Å². The second kappa shape index (κ2) is 7.08. The van der Waals surface area contributed by atoms with Gasteiger partial charge in [-0.3, -0.25) is 4.79 Å².